The number of rotatable bonds is 7. The van der Waals surface area contributed by atoms with Crippen LogP contribution < -0.4 is 0 Å². The first kappa shape index (κ1) is 24.1. The summed E-state index contributed by atoms with van der Waals surface area (Å²) in [5, 5.41) is 0. The molecule has 0 bridgehead atoms. The summed E-state index contributed by atoms with van der Waals surface area (Å²) in [6.45, 7) is 3.99. The number of carbonyl (C=O) groups is 2. The van der Waals surface area contributed by atoms with Gasteiger partial charge in [0, 0.05) is 31.1 Å². The molecule has 0 aromatic heterocycles. The van der Waals surface area contributed by atoms with Crippen molar-refractivity contribution in [3.05, 3.63) is 70.8 Å². The Labute approximate surface area is 209 Å². The van der Waals surface area contributed by atoms with Gasteiger partial charge >= 0.3 is 5.97 Å². The van der Waals surface area contributed by atoms with E-state index in [1.54, 1.807) is 0 Å². The van der Waals surface area contributed by atoms with Crippen LogP contribution in [-0.2, 0) is 22.6 Å². The molecule has 0 radical (unpaired) electrons. The molecule has 2 aromatic rings. The van der Waals surface area contributed by atoms with Gasteiger partial charge in [-0.05, 0) is 92.6 Å². The maximum Gasteiger partial charge on any atom is 0.305 e. The predicted molar refractivity (Wildman–Crippen MR) is 137 cm³/mol. The first-order valence-corrected chi connectivity index (χ1v) is 13.4. The summed E-state index contributed by atoms with van der Waals surface area (Å²) in [6.07, 6.45) is 7.98. The molecule has 1 saturated heterocycles. The molecular formula is C30H38N2O3. The Morgan fingerprint density at radius 2 is 1.71 bits per heavy atom. The highest BCUT2D eigenvalue weighted by Gasteiger charge is 2.35. The third kappa shape index (κ3) is 5.61. The van der Waals surface area contributed by atoms with Crippen LogP contribution in [0.15, 0.2) is 48.5 Å². The predicted octanol–water partition coefficient (Wildman–Crippen LogP) is 5.53. The van der Waals surface area contributed by atoms with Crippen LogP contribution in [0.4, 0.5) is 0 Å². The number of nitrogens with zero attached hydrogens (tertiary/aromatic N) is 2. The zero-order chi connectivity index (χ0) is 24.2. The van der Waals surface area contributed by atoms with Gasteiger partial charge in [0.1, 0.15) is 0 Å². The fourth-order valence-corrected chi connectivity index (χ4v) is 6.33. The Morgan fingerprint density at radius 3 is 2.43 bits per heavy atom. The number of methoxy groups -OCH3 is 1. The van der Waals surface area contributed by atoms with Crippen LogP contribution in [0.2, 0.25) is 0 Å². The molecule has 0 unspecified atom stereocenters. The van der Waals surface area contributed by atoms with E-state index >= 15 is 0 Å². The van der Waals surface area contributed by atoms with Crippen molar-refractivity contribution in [1.82, 2.24) is 9.80 Å². The van der Waals surface area contributed by atoms with Crippen molar-refractivity contribution >= 4 is 11.9 Å². The van der Waals surface area contributed by atoms with Crippen molar-refractivity contribution in [1.29, 1.82) is 0 Å². The van der Waals surface area contributed by atoms with E-state index in [1.807, 2.05) is 0 Å². The first-order chi connectivity index (χ1) is 17.1. The topological polar surface area (TPSA) is 49.9 Å². The fourth-order valence-electron chi connectivity index (χ4n) is 6.33. The molecule has 1 aliphatic carbocycles. The Morgan fingerprint density at radius 1 is 0.971 bits per heavy atom. The molecule has 5 nitrogen and oxygen atoms in total. The number of amides is 1. The van der Waals surface area contributed by atoms with E-state index < -0.39 is 0 Å². The standard InChI is InChI=1S/C30H38N2O3/c1-35-29(33)14-9-22-7-12-27(13-8-22)32-21-26-11-10-25(19-28(26)30(32)34)24-15-17-31(18-16-24)20-23-5-3-2-4-6-23/h2-6,10-11,19,22,24,27H,7-9,12-18,20-21H2,1H3. The number of ether oxygens (including phenoxy) is 1. The van der Waals surface area contributed by atoms with E-state index in [0.29, 0.717) is 24.3 Å². The monoisotopic (exact) mass is 474 g/mol. The quantitative estimate of drug-likeness (QED) is 0.495. The largest absolute Gasteiger partial charge is 0.469 e. The molecule has 1 saturated carbocycles. The van der Waals surface area contributed by atoms with Crippen molar-refractivity contribution in [2.45, 2.75) is 76.4 Å². The van der Waals surface area contributed by atoms with Crippen molar-refractivity contribution < 1.29 is 14.3 Å². The average Bonchev–Trinajstić information content (AvgIpc) is 3.24. The maximum atomic E-state index is 13.4. The molecule has 3 aliphatic rings. The van der Waals surface area contributed by atoms with Gasteiger partial charge in [-0.15, -0.1) is 0 Å². The van der Waals surface area contributed by atoms with Gasteiger partial charge < -0.3 is 9.64 Å². The summed E-state index contributed by atoms with van der Waals surface area (Å²) in [5.74, 6) is 1.22. The summed E-state index contributed by atoms with van der Waals surface area (Å²) < 4.78 is 4.78. The lowest BCUT2D eigenvalue weighted by molar-refractivity contribution is -0.141. The molecule has 35 heavy (non-hydrogen) atoms. The SMILES string of the molecule is COC(=O)CCC1CCC(N2Cc3ccc(C4CCN(Cc5ccccc5)CC4)cc3C2=O)CC1. The molecule has 0 N–H and O–H groups in total. The lowest BCUT2D eigenvalue weighted by Crippen LogP contribution is -2.38. The number of piperidine rings is 1. The van der Waals surface area contributed by atoms with Gasteiger partial charge in [-0.3, -0.25) is 14.5 Å². The van der Waals surface area contributed by atoms with Crippen LogP contribution in [0.25, 0.3) is 0 Å². The molecule has 5 rings (SSSR count). The lowest BCUT2D eigenvalue weighted by atomic mass is 9.83. The number of esters is 1. The summed E-state index contributed by atoms with van der Waals surface area (Å²) in [4.78, 5) is 29.5. The maximum absolute atomic E-state index is 13.4. The van der Waals surface area contributed by atoms with Gasteiger partial charge in [-0.25, -0.2) is 0 Å². The minimum Gasteiger partial charge on any atom is -0.469 e. The van der Waals surface area contributed by atoms with E-state index in [4.69, 9.17) is 4.74 Å². The van der Waals surface area contributed by atoms with Crippen LogP contribution in [0.5, 0.6) is 0 Å². The number of hydrogen-bond acceptors (Lipinski definition) is 4. The van der Waals surface area contributed by atoms with Gasteiger partial charge in [0.15, 0.2) is 0 Å². The second kappa shape index (κ2) is 10.9. The second-order valence-corrected chi connectivity index (χ2v) is 10.7. The summed E-state index contributed by atoms with van der Waals surface area (Å²) in [6, 6.07) is 17.7. The van der Waals surface area contributed by atoms with Crippen LogP contribution in [0, 0.1) is 5.92 Å². The Hall–Kier alpha value is -2.66. The van der Waals surface area contributed by atoms with Crippen molar-refractivity contribution in [2.24, 2.45) is 5.92 Å². The molecule has 186 valence electrons. The molecule has 0 spiro atoms. The second-order valence-electron chi connectivity index (χ2n) is 10.7. The normalized spacial score (nSPS) is 23.3. The minimum atomic E-state index is -0.116. The van der Waals surface area contributed by atoms with Crippen LogP contribution >= 0.6 is 0 Å². The smallest absolute Gasteiger partial charge is 0.305 e. The van der Waals surface area contributed by atoms with E-state index in [-0.39, 0.29) is 11.9 Å². The average molecular weight is 475 g/mol. The van der Waals surface area contributed by atoms with Crippen LogP contribution in [0.1, 0.15) is 84.3 Å². The van der Waals surface area contributed by atoms with Crippen molar-refractivity contribution in [3.63, 3.8) is 0 Å². The van der Waals surface area contributed by atoms with Crippen LogP contribution in [0.3, 0.4) is 0 Å². The fraction of sp³-hybridized carbons (Fsp3) is 0.533. The molecule has 2 aliphatic heterocycles. The summed E-state index contributed by atoms with van der Waals surface area (Å²) in [7, 11) is 1.45. The van der Waals surface area contributed by atoms with Crippen molar-refractivity contribution in [2.75, 3.05) is 20.2 Å². The van der Waals surface area contributed by atoms with E-state index in [9.17, 15) is 9.59 Å². The molecule has 5 heteroatoms. The summed E-state index contributed by atoms with van der Waals surface area (Å²) >= 11 is 0. The lowest BCUT2D eigenvalue weighted by Gasteiger charge is -2.34. The van der Waals surface area contributed by atoms with Gasteiger partial charge in [-0.2, -0.15) is 0 Å². The molecule has 0 atom stereocenters. The number of likely N-dealkylation sites (tertiary alicyclic amines) is 1. The molecule has 2 fully saturated rings. The molecule has 1 amide bonds. The molecule has 2 heterocycles. The Kier molecular flexibility index (Phi) is 7.52. The zero-order valence-electron chi connectivity index (χ0n) is 21.0. The molecular weight excluding hydrogens is 436 g/mol. The van der Waals surface area contributed by atoms with E-state index in [1.165, 1.54) is 23.8 Å². The Balaban J connectivity index is 1.14. The zero-order valence-corrected chi connectivity index (χ0v) is 21.0. The highest BCUT2D eigenvalue weighted by Crippen LogP contribution is 2.37. The highest BCUT2D eigenvalue weighted by atomic mass is 16.5. The van der Waals surface area contributed by atoms with Gasteiger partial charge in [0.2, 0.25) is 0 Å². The number of benzene rings is 2. The third-order valence-electron chi connectivity index (χ3n) is 8.52. The van der Waals surface area contributed by atoms with Gasteiger partial charge in [0.25, 0.3) is 5.91 Å². The van der Waals surface area contributed by atoms with Gasteiger partial charge in [-0.1, -0.05) is 42.5 Å². The Bertz CT molecular complexity index is 1020. The molecule has 2 aromatic carbocycles. The van der Waals surface area contributed by atoms with Gasteiger partial charge in [0.05, 0.1) is 7.11 Å². The van der Waals surface area contributed by atoms with Crippen LogP contribution in [-0.4, -0.2) is 47.9 Å². The number of carbonyl (C=O) groups excluding carboxylic acids is 2. The summed E-state index contributed by atoms with van der Waals surface area (Å²) in [5.41, 5.74) is 4.84. The van der Waals surface area contributed by atoms with E-state index in [0.717, 1.165) is 76.7 Å². The number of fused-ring (bicyclic) bond motifs is 1. The minimum absolute atomic E-state index is 0.116. The van der Waals surface area contributed by atoms with Crippen molar-refractivity contribution in [3.8, 4) is 0 Å². The third-order valence-corrected chi connectivity index (χ3v) is 8.52. The number of hydrogen-bond donors (Lipinski definition) is 0. The highest BCUT2D eigenvalue weighted by molar-refractivity contribution is 5.98. The van der Waals surface area contributed by atoms with E-state index in [2.05, 4.69) is 58.3 Å². The first-order valence-electron chi connectivity index (χ1n) is 13.4.